The predicted octanol–water partition coefficient (Wildman–Crippen LogP) is 4.82. The molecule has 0 atom stereocenters. The molecule has 162 valence electrons. The molecule has 0 amide bonds. The summed E-state index contributed by atoms with van der Waals surface area (Å²) in [7, 11) is -3.72. The van der Waals surface area contributed by atoms with Gasteiger partial charge in [0.05, 0.1) is 4.90 Å². The predicted molar refractivity (Wildman–Crippen MR) is 109 cm³/mol. The minimum atomic E-state index is -4.78. The van der Waals surface area contributed by atoms with Crippen molar-refractivity contribution in [2.24, 2.45) is 0 Å². The molecule has 1 heterocycles. The second-order valence-corrected chi connectivity index (χ2v) is 9.00. The van der Waals surface area contributed by atoms with Gasteiger partial charge in [-0.15, -0.1) is 13.2 Å². The lowest BCUT2D eigenvalue weighted by Gasteiger charge is -2.13. The van der Waals surface area contributed by atoms with E-state index in [1.807, 2.05) is 13.8 Å². The quantitative estimate of drug-likeness (QED) is 0.577. The van der Waals surface area contributed by atoms with E-state index < -0.39 is 16.4 Å². The van der Waals surface area contributed by atoms with Crippen molar-refractivity contribution in [2.75, 3.05) is 6.54 Å². The molecule has 0 spiro atoms. The Labute approximate surface area is 173 Å². The molecule has 0 bridgehead atoms. The molecule has 0 saturated heterocycles. The maximum Gasteiger partial charge on any atom is 0.573 e. The van der Waals surface area contributed by atoms with E-state index in [9.17, 15) is 21.6 Å². The normalized spacial score (nSPS) is 12.5. The van der Waals surface area contributed by atoms with E-state index in [1.54, 1.807) is 26.0 Å². The third-order valence-electron chi connectivity index (χ3n) is 5.29. The zero-order chi connectivity index (χ0) is 22.3. The van der Waals surface area contributed by atoms with Crippen molar-refractivity contribution in [3.05, 3.63) is 58.3 Å². The molecule has 0 aliphatic rings. The summed E-state index contributed by atoms with van der Waals surface area (Å²) in [5.41, 5.74) is 4.78. The highest BCUT2D eigenvalue weighted by atomic mass is 32.2. The van der Waals surface area contributed by atoms with Crippen molar-refractivity contribution in [3.8, 4) is 5.75 Å². The first-order valence-corrected chi connectivity index (χ1v) is 10.8. The number of halogens is 3. The van der Waals surface area contributed by atoms with Gasteiger partial charge >= 0.3 is 6.36 Å². The van der Waals surface area contributed by atoms with Gasteiger partial charge in [0.25, 0.3) is 0 Å². The van der Waals surface area contributed by atoms with Crippen molar-refractivity contribution in [3.63, 3.8) is 0 Å². The Balaban J connectivity index is 1.81. The number of H-pyrrole nitrogens is 1. The van der Waals surface area contributed by atoms with E-state index in [1.165, 1.54) is 18.2 Å². The summed E-state index contributed by atoms with van der Waals surface area (Å²) in [5.74, 6) is -0.318. The molecular weight excluding hydrogens is 417 g/mol. The van der Waals surface area contributed by atoms with Gasteiger partial charge < -0.3 is 9.72 Å². The number of aryl methyl sites for hydroxylation is 2. The SMILES string of the molecule is Cc1ccc(S(=O)(=O)NCCc2c(C)[nH]c3ccc(OC(F)(F)F)cc23)c(C)c1C. The molecule has 3 rings (SSSR count). The fourth-order valence-electron chi connectivity index (χ4n) is 3.49. The number of aromatic nitrogens is 1. The number of ether oxygens (including phenoxy) is 1. The molecule has 0 saturated carbocycles. The fourth-order valence-corrected chi connectivity index (χ4v) is 4.82. The highest BCUT2D eigenvalue weighted by molar-refractivity contribution is 7.89. The number of nitrogens with one attached hydrogen (secondary N) is 2. The number of alkyl halides is 3. The van der Waals surface area contributed by atoms with Crippen LogP contribution in [0.3, 0.4) is 0 Å². The minimum absolute atomic E-state index is 0.104. The van der Waals surface area contributed by atoms with E-state index in [0.29, 0.717) is 22.9 Å². The lowest BCUT2D eigenvalue weighted by Crippen LogP contribution is -2.27. The van der Waals surface area contributed by atoms with Crippen LogP contribution < -0.4 is 9.46 Å². The molecule has 30 heavy (non-hydrogen) atoms. The van der Waals surface area contributed by atoms with Gasteiger partial charge in [0.15, 0.2) is 0 Å². The van der Waals surface area contributed by atoms with E-state index >= 15 is 0 Å². The Morgan fingerprint density at radius 1 is 1.03 bits per heavy atom. The van der Waals surface area contributed by atoms with Gasteiger partial charge in [0.2, 0.25) is 10.0 Å². The monoisotopic (exact) mass is 440 g/mol. The molecular formula is C21H23F3N2O3S. The lowest BCUT2D eigenvalue weighted by atomic mass is 10.1. The van der Waals surface area contributed by atoms with E-state index in [2.05, 4.69) is 14.4 Å². The summed E-state index contributed by atoms with van der Waals surface area (Å²) in [6.45, 7) is 7.46. The Hall–Kier alpha value is -2.52. The number of benzene rings is 2. The van der Waals surface area contributed by atoms with Gasteiger partial charge in [0, 0.05) is 23.1 Å². The number of hydrogen-bond acceptors (Lipinski definition) is 3. The summed E-state index contributed by atoms with van der Waals surface area (Å²) in [4.78, 5) is 3.33. The molecule has 0 aliphatic heterocycles. The largest absolute Gasteiger partial charge is 0.573 e. The van der Waals surface area contributed by atoms with Crippen molar-refractivity contribution in [1.29, 1.82) is 0 Å². The molecule has 0 aliphatic carbocycles. The zero-order valence-corrected chi connectivity index (χ0v) is 17.9. The number of fused-ring (bicyclic) bond motifs is 1. The summed E-state index contributed by atoms with van der Waals surface area (Å²) in [6, 6.07) is 7.40. The minimum Gasteiger partial charge on any atom is -0.406 e. The van der Waals surface area contributed by atoms with Crippen LogP contribution in [-0.2, 0) is 16.4 Å². The van der Waals surface area contributed by atoms with Gasteiger partial charge in [0.1, 0.15) is 5.75 Å². The second-order valence-electron chi connectivity index (χ2n) is 7.26. The maximum absolute atomic E-state index is 12.7. The highest BCUT2D eigenvalue weighted by Crippen LogP contribution is 2.30. The summed E-state index contributed by atoms with van der Waals surface area (Å²) >= 11 is 0. The Morgan fingerprint density at radius 2 is 1.73 bits per heavy atom. The lowest BCUT2D eigenvalue weighted by molar-refractivity contribution is -0.274. The molecule has 5 nitrogen and oxygen atoms in total. The molecule has 2 aromatic carbocycles. The highest BCUT2D eigenvalue weighted by Gasteiger charge is 2.31. The van der Waals surface area contributed by atoms with Crippen LogP contribution in [0.25, 0.3) is 10.9 Å². The molecule has 2 N–H and O–H groups in total. The van der Waals surface area contributed by atoms with Crippen LogP contribution >= 0.6 is 0 Å². The van der Waals surface area contributed by atoms with E-state index in [-0.39, 0.29) is 17.2 Å². The first-order chi connectivity index (χ1) is 13.9. The summed E-state index contributed by atoms with van der Waals surface area (Å²) in [5, 5.41) is 0.566. The van der Waals surface area contributed by atoms with Gasteiger partial charge in [-0.25, -0.2) is 13.1 Å². The average Bonchev–Trinajstić information content (AvgIpc) is 2.93. The van der Waals surface area contributed by atoms with Crippen molar-refractivity contribution < 1.29 is 26.3 Å². The second kappa shape index (κ2) is 7.96. The Morgan fingerprint density at radius 3 is 2.40 bits per heavy atom. The Bertz CT molecular complexity index is 1200. The van der Waals surface area contributed by atoms with Crippen LogP contribution in [0.2, 0.25) is 0 Å². The van der Waals surface area contributed by atoms with Crippen molar-refractivity contribution in [1.82, 2.24) is 9.71 Å². The number of rotatable bonds is 6. The number of hydrogen-bond donors (Lipinski definition) is 2. The van der Waals surface area contributed by atoms with Crippen molar-refractivity contribution >= 4 is 20.9 Å². The summed E-state index contributed by atoms with van der Waals surface area (Å²) < 4.78 is 69.6. The smallest absolute Gasteiger partial charge is 0.406 e. The fraction of sp³-hybridized carbons (Fsp3) is 0.333. The van der Waals surface area contributed by atoms with Crippen LogP contribution in [0.15, 0.2) is 35.2 Å². The number of sulfonamides is 1. The first-order valence-electron chi connectivity index (χ1n) is 9.32. The van der Waals surface area contributed by atoms with Gasteiger partial charge in [-0.05, 0) is 80.6 Å². The molecule has 0 radical (unpaired) electrons. The number of aromatic amines is 1. The standard InChI is InChI=1S/C21H23F3N2O3S/c1-12-5-8-20(14(3)13(12)2)30(27,28)25-10-9-17-15(4)26-19-7-6-16(11-18(17)19)29-21(22,23)24/h5-8,11,25-26H,9-10H2,1-4H3. The zero-order valence-electron chi connectivity index (χ0n) is 17.1. The van der Waals surface area contributed by atoms with Crippen LogP contribution in [0, 0.1) is 27.7 Å². The first kappa shape index (κ1) is 22.2. The van der Waals surface area contributed by atoms with Crippen molar-refractivity contribution in [2.45, 2.75) is 45.4 Å². The molecule has 9 heteroatoms. The van der Waals surface area contributed by atoms with E-state index in [0.717, 1.165) is 22.4 Å². The molecule has 0 fully saturated rings. The Kier molecular flexibility index (Phi) is 5.88. The van der Waals surface area contributed by atoms with Gasteiger partial charge in [-0.1, -0.05) is 6.07 Å². The van der Waals surface area contributed by atoms with Crippen LogP contribution in [0.5, 0.6) is 5.75 Å². The third-order valence-corrected chi connectivity index (χ3v) is 6.89. The van der Waals surface area contributed by atoms with E-state index in [4.69, 9.17) is 0 Å². The van der Waals surface area contributed by atoms with Gasteiger partial charge in [-0.3, -0.25) is 0 Å². The van der Waals surface area contributed by atoms with Gasteiger partial charge in [-0.2, -0.15) is 0 Å². The van der Waals surface area contributed by atoms with Crippen LogP contribution in [0.4, 0.5) is 13.2 Å². The topological polar surface area (TPSA) is 71.2 Å². The van der Waals surface area contributed by atoms with Crippen LogP contribution in [-0.4, -0.2) is 26.3 Å². The third kappa shape index (κ3) is 4.62. The van der Waals surface area contributed by atoms with Crippen LogP contribution in [0.1, 0.15) is 27.9 Å². The molecule has 3 aromatic rings. The maximum atomic E-state index is 12.7. The summed E-state index contributed by atoms with van der Waals surface area (Å²) in [6.07, 6.45) is -4.47. The molecule has 1 aromatic heterocycles. The molecule has 0 unspecified atom stereocenters. The average molecular weight is 440 g/mol.